The molecule has 0 aliphatic rings. The summed E-state index contributed by atoms with van der Waals surface area (Å²) in [5, 5.41) is 2.36. The van der Waals surface area contributed by atoms with Crippen LogP contribution < -0.4 is 10.7 Å². The zero-order valence-corrected chi connectivity index (χ0v) is 9.98. The highest BCUT2D eigenvalue weighted by molar-refractivity contribution is 5.72. The van der Waals surface area contributed by atoms with E-state index in [4.69, 9.17) is 0 Å². The van der Waals surface area contributed by atoms with Crippen molar-refractivity contribution in [2.24, 2.45) is 0 Å². The Morgan fingerprint density at radius 3 is 2.50 bits per heavy atom. The lowest BCUT2D eigenvalue weighted by Gasteiger charge is -2.03. The van der Waals surface area contributed by atoms with Gasteiger partial charge in [-0.2, -0.15) is 4.39 Å². The molecular weight excluding hydrogens is 211 g/mol. The molecule has 1 aromatic rings. The second-order valence-electron chi connectivity index (χ2n) is 3.02. The molecule has 5 heteroatoms. The van der Waals surface area contributed by atoms with Crippen molar-refractivity contribution in [1.29, 1.82) is 0 Å². The van der Waals surface area contributed by atoms with Crippen molar-refractivity contribution in [1.82, 2.24) is 10.3 Å². The molecule has 0 saturated heterocycles. The maximum absolute atomic E-state index is 13.2. The maximum atomic E-state index is 13.2. The monoisotopic (exact) mass is 228 g/mol. The fourth-order valence-corrected chi connectivity index (χ4v) is 1.05. The summed E-state index contributed by atoms with van der Waals surface area (Å²) in [7, 11) is 0. The summed E-state index contributed by atoms with van der Waals surface area (Å²) in [6.07, 6.45) is 0. The minimum Gasteiger partial charge on any atom is -0.352 e. The molecule has 4 nitrogen and oxygen atoms in total. The number of amides is 1. The van der Waals surface area contributed by atoms with Crippen molar-refractivity contribution in [3.63, 3.8) is 0 Å². The van der Waals surface area contributed by atoms with Gasteiger partial charge in [0.2, 0.25) is 5.91 Å². The number of hydrogen-bond acceptors (Lipinski definition) is 2. The number of hydrogen-bond donors (Lipinski definition) is 2. The molecule has 0 radical (unpaired) electrons. The first kappa shape index (κ1) is 14.3. The number of halogens is 1. The summed E-state index contributed by atoms with van der Waals surface area (Å²) in [6, 6.07) is 1.29. The zero-order valence-electron chi connectivity index (χ0n) is 9.98. The Kier molecular flexibility index (Phi) is 6.07. The number of nitrogens with one attached hydrogen (secondary N) is 2. The van der Waals surface area contributed by atoms with Crippen LogP contribution in [-0.4, -0.2) is 10.9 Å². The van der Waals surface area contributed by atoms with Crippen molar-refractivity contribution >= 4 is 5.91 Å². The van der Waals surface area contributed by atoms with Crippen LogP contribution in [0.1, 0.15) is 32.0 Å². The van der Waals surface area contributed by atoms with Crippen LogP contribution in [0.2, 0.25) is 0 Å². The number of aromatic nitrogens is 1. The van der Waals surface area contributed by atoms with Crippen molar-refractivity contribution in [3.05, 3.63) is 33.5 Å². The first-order chi connectivity index (χ1) is 7.50. The van der Waals surface area contributed by atoms with Gasteiger partial charge in [0.05, 0.1) is 12.1 Å². The van der Waals surface area contributed by atoms with Gasteiger partial charge in [-0.15, -0.1) is 0 Å². The van der Waals surface area contributed by atoms with Crippen LogP contribution in [-0.2, 0) is 11.3 Å². The molecule has 0 bridgehead atoms. The summed E-state index contributed by atoms with van der Waals surface area (Å²) in [5.41, 5.74) is -0.00243. The van der Waals surface area contributed by atoms with Crippen LogP contribution in [0.25, 0.3) is 0 Å². The standard InChI is InChI=1S/C9H11FN2O2.C2H6/c1-5-3-8(14)7(9(10)12-5)4-11-6(2)13;1-2/h3H,4H2,1-2H3,(H,11,13)(H,12,14);1-2H3. The SMILES string of the molecule is CC.CC(=O)NCc1c(F)[nH]c(C)cc1=O. The normalized spacial score (nSPS) is 9.06. The maximum Gasteiger partial charge on any atom is 0.217 e. The summed E-state index contributed by atoms with van der Waals surface area (Å²) < 4.78 is 13.2. The Morgan fingerprint density at radius 2 is 2.06 bits per heavy atom. The van der Waals surface area contributed by atoms with Crippen LogP contribution in [0.3, 0.4) is 0 Å². The van der Waals surface area contributed by atoms with Crippen molar-refractivity contribution in [2.75, 3.05) is 0 Å². The molecule has 0 aromatic carbocycles. The molecule has 1 amide bonds. The summed E-state index contributed by atoms with van der Waals surface area (Å²) >= 11 is 0. The van der Waals surface area contributed by atoms with E-state index in [2.05, 4.69) is 10.3 Å². The van der Waals surface area contributed by atoms with Crippen molar-refractivity contribution in [3.8, 4) is 0 Å². The van der Waals surface area contributed by atoms with Crippen LogP contribution >= 0.6 is 0 Å². The Bertz CT molecular complexity index is 413. The van der Waals surface area contributed by atoms with Crippen LogP contribution in [0, 0.1) is 12.9 Å². The second-order valence-corrected chi connectivity index (χ2v) is 3.02. The van der Waals surface area contributed by atoms with Gasteiger partial charge >= 0.3 is 0 Å². The summed E-state index contributed by atoms with van der Waals surface area (Å²) in [4.78, 5) is 24.2. The van der Waals surface area contributed by atoms with Crippen molar-refractivity contribution < 1.29 is 9.18 Å². The van der Waals surface area contributed by atoms with E-state index in [-0.39, 0.29) is 18.0 Å². The average molecular weight is 228 g/mol. The van der Waals surface area contributed by atoms with Gasteiger partial charge in [-0.1, -0.05) is 13.8 Å². The lowest BCUT2D eigenvalue weighted by atomic mass is 10.2. The predicted octanol–water partition coefficient (Wildman–Crippen LogP) is 1.48. The first-order valence-electron chi connectivity index (χ1n) is 5.13. The quantitative estimate of drug-likeness (QED) is 0.753. The molecule has 0 saturated carbocycles. The van der Waals surface area contributed by atoms with E-state index in [0.29, 0.717) is 5.69 Å². The predicted molar refractivity (Wildman–Crippen MR) is 60.6 cm³/mol. The molecule has 90 valence electrons. The van der Waals surface area contributed by atoms with Gasteiger partial charge in [-0.25, -0.2) is 0 Å². The van der Waals surface area contributed by atoms with E-state index in [1.165, 1.54) is 13.0 Å². The van der Waals surface area contributed by atoms with Gasteiger partial charge in [0.25, 0.3) is 0 Å². The topological polar surface area (TPSA) is 62.0 Å². The fourth-order valence-electron chi connectivity index (χ4n) is 1.05. The molecule has 0 aliphatic carbocycles. The molecule has 1 aromatic heterocycles. The van der Waals surface area contributed by atoms with Gasteiger partial charge in [0, 0.05) is 18.7 Å². The lowest BCUT2D eigenvalue weighted by Crippen LogP contribution is -2.25. The molecule has 0 spiro atoms. The van der Waals surface area contributed by atoms with E-state index in [9.17, 15) is 14.0 Å². The zero-order chi connectivity index (χ0) is 12.7. The molecular formula is C11H17FN2O2. The summed E-state index contributed by atoms with van der Waals surface area (Å²) in [5.74, 6) is -0.992. The number of H-pyrrole nitrogens is 1. The highest BCUT2D eigenvalue weighted by Gasteiger charge is 2.08. The number of aromatic amines is 1. The Morgan fingerprint density at radius 1 is 1.50 bits per heavy atom. The van der Waals surface area contributed by atoms with E-state index in [1.54, 1.807) is 6.92 Å². The van der Waals surface area contributed by atoms with E-state index < -0.39 is 11.4 Å². The third-order valence-corrected chi connectivity index (χ3v) is 1.73. The first-order valence-corrected chi connectivity index (χ1v) is 5.13. The van der Waals surface area contributed by atoms with Gasteiger partial charge in [0.15, 0.2) is 11.4 Å². The van der Waals surface area contributed by atoms with Crippen molar-refractivity contribution in [2.45, 2.75) is 34.2 Å². The second kappa shape index (κ2) is 6.76. The molecule has 16 heavy (non-hydrogen) atoms. The number of aryl methyl sites for hydroxylation is 1. The van der Waals surface area contributed by atoms with Crippen LogP contribution in [0.4, 0.5) is 4.39 Å². The largest absolute Gasteiger partial charge is 0.352 e. The Hall–Kier alpha value is -1.65. The average Bonchev–Trinajstić information content (AvgIpc) is 2.18. The van der Waals surface area contributed by atoms with E-state index in [1.807, 2.05) is 13.8 Å². The fraction of sp³-hybridized carbons (Fsp3) is 0.455. The highest BCUT2D eigenvalue weighted by Crippen LogP contribution is 1.99. The van der Waals surface area contributed by atoms with Gasteiger partial charge in [-0.3, -0.25) is 9.59 Å². The number of pyridine rings is 1. The smallest absolute Gasteiger partial charge is 0.217 e. The third kappa shape index (κ3) is 4.25. The molecule has 0 aliphatic heterocycles. The van der Waals surface area contributed by atoms with Crippen LogP contribution in [0.15, 0.2) is 10.9 Å². The highest BCUT2D eigenvalue weighted by atomic mass is 19.1. The van der Waals surface area contributed by atoms with E-state index in [0.717, 1.165) is 0 Å². The minimum atomic E-state index is -0.691. The molecule has 0 atom stereocenters. The lowest BCUT2D eigenvalue weighted by molar-refractivity contribution is -0.119. The number of carbonyl (C=O) groups is 1. The minimum absolute atomic E-state index is 0.0502. The summed E-state index contributed by atoms with van der Waals surface area (Å²) in [6.45, 7) is 6.81. The molecule has 0 unspecified atom stereocenters. The Balaban J connectivity index is 0.00000106. The molecule has 0 fully saturated rings. The molecule has 1 heterocycles. The van der Waals surface area contributed by atoms with Crippen LogP contribution in [0.5, 0.6) is 0 Å². The van der Waals surface area contributed by atoms with Gasteiger partial charge in [-0.05, 0) is 6.92 Å². The Labute approximate surface area is 93.9 Å². The third-order valence-electron chi connectivity index (χ3n) is 1.73. The molecule has 2 N–H and O–H groups in total. The van der Waals surface area contributed by atoms with E-state index >= 15 is 0 Å². The molecule has 1 rings (SSSR count). The van der Waals surface area contributed by atoms with Gasteiger partial charge in [0.1, 0.15) is 0 Å². The number of carbonyl (C=O) groups excluding carboxylic acids is 1. The number of rotatable bonds is 2. The van der Waals surface area contributed by atoms with Gasteiger partial charge < -0.3 is 10.3 Å².